The van der Waals surface area contributed by atoms with E-state index >= 15 is 0 Å². The van der Waals surface area contributed by atoms with Crippen molar-refractivity contribution in [1.82, 2.24) is 9.97 Å². The van der Waals surface area contributed by atoms with Gasteiger partial charge < -0.3 is 16.0 Å². The summed E-state index contributed by atoms with van der Waals surface area (Å²) in [7, 11) is 0. The lowest BCUT2D eigenvalue weighted by Crippen LogP contribution is -2.19. The van der Waals surface area contributed by atoms with Crippen molar-refractivity contribution in [3.63, 3.8) is 0 Å². The molecule has 0 aromatic carbocycles. The van der Waals surface area contributed by atoms with Gasteiger partial charge in [0.2, 0.25) is 5.91 Å². The Hall–Kier alpha value is -2.63. The number of nitrogens with zero attached hydrogens (tertiary/aromatic N) is 3. The number of nitrogens with one attached hydrogen (secondary N) is 1. The molecule has 6 heteroatoms. The van der Waals surface area contributed by atoms with Crippen LogP contribution < -0.4 is 16.0 Å². The Bertz CT molecular complexity index is 695. The topological polar surface area (TPSA) is 84.1 Å². The average Bonchev–Trinajstić information content (AvgIpc) is 3.01. The fourth-order valence-corrected chi connectivity index (χ4v) is 2.69. The number of hydrogen-bond acceptors (Lipinski definition) is 5. The lowest BCUT2D eigenvalue weighted by molar-refractivity contribution is -0.114. The second-order valence-electron chi connectivity index (χ2n) is 5.43. The Labute approximate surface area is 129 Å². The first kappa shape index (κ1) is 14.3. The normalized spacial score (nSPS) is 14.1. The predicted octanol–water partition coefficient (Wildman–Crippen LogP) is 2.28. The molecule has 3 rings (SSSR count). The molecule has 0 unspecified atom stereocenters. The third-order valence-corrected chi connectivity index (χ3v) is 3.74. The monoisotopic (exact) mass is 297 g/mol. The summed E-state index contributed by atoms with van der Waals surface area (Å²) in [6, 6.07) is 5.79. The molecule has 3 heterocycles. The van der Waals surface area contributed by atoms with Crippen LogP contribution in [0.2, 0.25) is 0 Å². The number of nitrogen functional groups attached to an aromatic ring is 1. The number of amides is 1. The van der Waals surface area contributed by atoms with Gasteiger partial charge in [0, 0.05) is 38.0 Å². The highest BCUT2D eigenvalue weighted by atomic mass is 16.1. The zero-order chi connectivity index (χ0) is 15.5. The first-order valence-corrected chi connectivity index (χ1v) is 7.38. The SMILES string of the molecule is CC(=O)Nc1cc(-c2cnc(N)c(N3CCCC3)c2)ccn1. The second kappa shape index (κ2) is 6.01. The van der Waals surface area contributed by atoms with Gasteiger partial charge in [0.25, 0.3) is 0 Å². The molecule has 0 spiro atoms. The van der Waals surface area contributed by atoms with E-state index in [0.29, 0.717) is 11.6 Å². The third-order valence-electron chi connectivity index (χ3n) is 3.74. The van der Waals surface area contributed by atoms with Crippen LogP contribution in [-0.2, 0) is 4.79 Å². The number of aromatic nitrogens is 2. The fraction of sp³-hybridized carbons (Fsp3) is 0.312. The number of anilines is 3. The third kappa shape index (κ3) is 3.00. The number of pyridine rings is 2. The molecule has 22 heavy (non-hydrogen) atoms. The molecule has 1 aliphatic heterocycles. The van der Waals surface area contributed by atoms with Crippen LogP contribution in [0.25, 0.3) is 11.1 Å². The summed E-state index contributed by atoms with van der Waals surface area (Å²) >= 11 is 0. The minimum atomic E-state index is -0.141. The van der Waals surface area contributed by atoms with Gasteiger partial charge >= 0.3 is 0 Å². The molecule has 114 valence electrons. The molecular formula is C16H19N5O. The summed E-state index contributed by atoms with van der Waals surface area (Å²) in [6.07, 6.45) is 5.80. The molecule has 1 fully saturated rings. The Kier molecular flexibility index (Phi) is 3.91. The molecule has 2 aromatic heterocycles. The van der Waals surface area contributed by atoms with Crippen LogP contribution in [0, 0.1) is 0 Å². The molecule has 0 saturated carbocycles. The van der Waals surface area contributed by atoms with Gasteiger partial charge in [0.05, 0.1) is 5.69 Å². The van der Waals surface area contributed by atoms with Crippen molar-refractivity contribution in [2.45, 2.75) is 19.8 Å². The second-order valence-corrected chi connectivity index (χ2v) is 5.43. The molecule has 0 aliphatic carbocycles. The molecule has 0 atom stereocenters. The zero-order valence-corrected chi connectivity index (χ0v) is 12.5. The number of rotatable bonds is 3. The lowest BCUT2D eigenvalue weighted by Gasteiger charge is -2.20. The van der Waals surface area contributed by atoms with Crippen molar-refractivity contribution < 1.29 is 4.79 Å². The van der Waals surface area contributed by atoms with Crippen LogP contribution in [0.3, 0.4) is 0 Å². The Morgan fingerprint density at radius 3 is 2.73 bits per heavy atom. The summed E-state index contributed by atoms with van der Waals surface area (Å²) in [5.41, 5.74) is 8.91. The van der Waals surface area contributed by atoms with Gasteiger partial charge in [-0.25, -0.2) is 9.97 Å². The van der Waals surface area contributed by atoms with E-state index in [1.807, 2.05) is 12.1 Å². The van der Waals surface area contributed by atoms with Crippen molar-refractivity contribution in [3.8, 4) is 11.1 Å². The van der Waals surface area contributed by atoms with Crippen molar-refractivity contribution in [2.24, 2.45) is 0 Å². The highest BCUT2D eigenvalue weighted by molar-refractivity contribution is 5.88. The van der Waals surface area contributed by atoms with Crippen molar-refractivity contribution in [3.05, 3.63) is 30.6 Å². The van der Waals surface area contributed by atoms with Gasteiger partial charge in [-0.3, -0.25) is 4.79 Å². The molecule has 0 bridgehead atoms. The fourth-order valence-electron chi connectivity index (χ4n) is 2.69. The summed E-state index contributed by atoms with van der Waals surface area (Å²) in [4.78, 5) is 21.9. The van der Waals surface area contributed by atoms with Gasteiger partial charge in [0.15, 0.2) is 0 Å². The van der Waals surface area contributed by atoms with Crippen LogP contribution in [0.4, 0.5) is 17.3 Å². The highest BCUT2D eigenvalue weighted by Crippen LogP contribution is 2.30. The van der Waals surface area contributed by atoms with Gasteiger partial charge in [0.1, 0.15) is 11.6 Å². The van der Waals surface area contributed by atoms with Gasteiger partial charge in [-0.1, -0.05) is 0 Å². The smallest absolute Gasteiger partial charge is 0.222 e. The van der Waals surface area contributed by atoms with E-state index in [1.54, 1.807) is 12.4 Å². The average molecular weight is 297 g/mol. The van der Waals surface area contributed by atoms with E-state index in [1.165, 1.54) is 19.8 Å². The molecule has 1 amide bonds. The van der Waals surface area contributed by atoms with Gasteiger partial charge in [-0.2, -0.15) is 0 Å². The predicted molar refractivity (Wildman–Crippen MR) is 87.6 cm³/mol. The van der Waals surface area contributed by atoms with E-state index < -0.39 is 0 Å². The van der Waals surface area contributed by atoms with E-state index in [0.717, 1.165) is 29.9 Å². The van der Waals surface area contributed by atoms with Crippen LogP contribution in [0.15, 0.2) is 30.6 Å². The Balaban J connectivity index is 1.94. The largest absolute Gasteiger partial charge is 0.382 e. The minimum Gasteiger partial charge on any atom is -0.382 e. The number of hydrogen-bond donors (Lipinski definition) is 2. The van der Waals surface area contributed by atoms with Crippen LogP contribution in [0.5, 0.6) is 0 Å². The summed E-state index contributed by atoms with van der Waals surface area (Å²) < 4.78 is 0. The number of nitrogens with two attached hydrogens (primary N) is 1. The molecule has 1 saturated heterocycles. The van der Waals surface area contributed by atoms with E-state index in [4.69, 9.17) is 5.73 Å². The first-order valence-electron chi connectivity index (χ1n) is 7.38. The summed E-state index contributed by atoms with van der Waals surface area (Å²) in [5.74, 6) is 0.948. The quantitative estimate of drug-likeness (QED) is 0.908. The lowest BCUT2D eigenvalue weighted by atomic mass is 10.1. The zero-order valence-electron chi connectivity index (χ0n) is 12.5. The molecule has 3 N–H and O–H groups in total. The highest BCUT2D eigenvalue weighted by Gasteiger charge is 2.16. The Morgan fingerprint density at radius 2 is 2.00 bits per heavy atom. The van der Waals surface area contributed by atoms with Gasteiger partial charge in [-0.15, -0.1) is 0 Å². The van der Waals surface area contributed by atoms with Crippen molar-refractivity contribution in [2.75, 3.05) is 29.0 Å². The summed E-state index contributed by atoms with van der Waals surface area (Å²) in [5, 5.41) is 2.69. The molecule has 1 aliphatic rings. The number of carbonyl (C=O) groups excluding carboxylic acids is 1. The molecule has 6 nitrogen and oxygen atoms in total. The maximum atomic E-state index is 11.1. The van der Waals surface area contributed by atoms with Gasteiger partial charge in [-0.05, 0) is 36.6 Å². The van der Waals surface area contributed by atoms with E-state index in [2.05, 4.69) is 26.3 Å². The Morgan fingerprint density at radius 1 is 1.23 bits per heavy atom. The van der Waals surface area contributed by atoms with Crippen LogP contribution in [-0.4, -0.2) is 29.0 Å². The van der Waals surface area contributed by atoms with Crippen molar-refractivity contribution in [1.29, 1.82) is 0 Å². The first-order chi connectivity index (χ1) is 10.6. The molecule has 0 radical (unpaired) electrons. The molecular weight excluding hydrogens is 278 g/mol. The standard InChI is InChI=1S/C16H19N5O/c1-11(22)20-15-9-12(4-5-18-15)13-8-14(16(17)19-10-13)21-6-2-3-7-21/h4-5,8-10H,2-3,6-7H2,1H3,(H2,17,19)(H,18,20,22). The molecule has 2 aromatic rings. The van der Waals surface area contributed by atoms with Crippen molar-refractivity contribution >= 4 is 23.2 Å². The van der Waals surface area contributed by atoms with E-state index in [-0.39, 0.29) is 5.91 Å². The minimum absolute atomic E-state index is 0.141. The number of carbonyl (C=O) groups is 1. The van der Waals surface area contributed by atoms with E-state index in [9.17, 15) is 4.79 Å². The maximum absolute atomic E-state index is 11.1. The van der Waals surface area contributed by atoms with Crippen LogP contribution in [0.1, 0.15) is 19.8 Å². The van der Waals surface area contributed by atoms with Crippen LogP contribution >= 0.6 is 0 Å². The maximum Gasteiger partial charge on any atom is 0.222 e. The summed E-state index contributed by atoms with van der Waals surface area (Å²) in [6.45, 7) is 3.50.